The number of rotatable bonds is 6. The molecule has 2 aliphatic rings. The van der Waals surface area contributed by atoms with Crippen LogP contribution in [0.1, 0.15) is 27.5 Å². The highest BCUT2D eigenvalue weighted by atomic mass is 16.5. The number of nitrogens with one attached hydrogen (secondary N) is 2. The van der Waals surface area contributed by atoms with Crippen LogP contribution in [0.15, 0.2) is 48.8 Å². The SMILES string of the molecule is Cc1ccc(C(=O)C2C(=O)C(=O)N(CC[NH+]3CCOCC3)C2c2ccc[nH+]c2)cc1. The lowest BCUT2D eigenvalue weighted by Gasteiger charge is -2.29. The quantitative estimate of drug-likeness (QED) is 0.403. The van der Waals surface area contributed by atoms with Crippen LogP contribution in [0.5, 0.6) is 0 Å². The largest absolute Gasteiger partial charge is 0.370 e. The van der Waals surface area contributed by atoms with Crippen molar-refractivity contribution in [3.63, 3.8) is 0 Å². The molecule has 156 valence electrons. The van der Waals surface area contributed by atoms with Crippen LogP contribution >= 0.6 is 0 Å². The van der Waals surface area contributed by atoms with Crippen LogP contribution in [-0.2, 0) is 14.3 Å². The molecule has 30 heavy (non-hydrogen) atoms. The Balaban J connectivity index is 1.64. The Bertz CT molecular complexity index is 923. The number of likely N-dealkylation sites (tertiary alicyclic amines) is 1. The summed E-state index contributed by atoms with van der Waals surface area (Å²) in [4.78, 5) is 45.2. The molecule has 1 amide bonds. The van der Waals surface area contributed by atoms with Crippen molar-refractivity contribution < 1.29 is 29.0 Å². The van der Waals surface area contributed by atoms with Gasteiger partial charge in [0, 0.05) is 17.2 Å². The Hall–Kier alpha value is -2.90. The van der Waals surface area contributed by atoms with E-state index in [2.05, 4.69) is 4.98 Å². The van der Waals surface area contributed by atoms with Crippen molar-refractivity contribution in [2.75, 3.05) is 39.4 Å². The van der Waals surface area contributed by atoms with Crippen LogP contribution < -0.4 is 9.88 Å². The minimum atomic E-state index is -1.03. The molecule has 7 nitrogen and oxygen atoms in total. The molecule has 0 spiro atoms. The Morgan fingerprint density at radius 3 is 2.57 bits per heavy atom. The molecule has 7 heteroatoms. The van der Waals surface area contributed by atoms with Crippen molar-refractivity contribution in [1.29, 1.82) is 0 Å². The third-order valence-electron chi connectivity index (χ3n) is 6.00. The van der Waals surface area contributed by atoms with Crippen LogP contribution in [0.25, 0.3) is 0 Å². The molecule has 1 aromatic carbocycles. The fraction of sp³-hybridized carbons (Fsp3) is 0.391. The van der Waals surface area contributed by atoms with Gasteiger partial charge in [-0.25, -0.2) is 4.98 Å². The molecule has 0 radical (unpaired) electrons. The molecule has 2 fully saturated rings. The lowest BCUT2D eigenvalue weighted by Crippen LogP contribution is -3.14. The van der Waals surface area contributed by atoms with E-state index in [1.807, 2.05) is 31.2 Å². The van der Waals surface area contributed by atoms with E-state index in [1.165, 1.54) is 4.90 Å². The number of amides is 1. The second-order valence-electron chi connectivity index (χ2n) is 7.96. The summed E-state index contributed by atoms with van der Waals surface area (Å²) in [5.74, 6) is -2.52. The number of carbonyl (C=O) groups excluding carboxylic acids is 3. The fourth-order valence-electron chi connectivity index (χ4n) is 4.28. The van der Waals surface area contributed by atoms with Gasteiger partial charge in [-0.3, -0.25) is 14.4 Å². The van der Waals surface area contributed by atoms with Gasteiger partial charge >= 0.3 is 0 Å². The van der Waals surface area contributed by atoms with Gasteiger partial charge in [0.1, 0.15) is 19.0 Å². The monoisotopic (exact) mass is 409 g/mol. The topological polar surface area (TPSA) is 82.3 Å². The highest BCUT2D eigenvalue weighted by molar-refractivity contribution is 6.44. The van der Waals surface area contributed by atoms with Crippen LogP contribution in [0.3, 0.4) is 0 Å². The molecule has 0 aliphatic carbocycles. The molecule has 3 heterocycles. The van der Waals surface area contributed by atoms with E-state index in [9.17, 15) is 14.4 Å². The standard InChI is InChI=1S/C23H25N3O4/c1-16-4-6-17(7-5-16)21(27)19-20(18-3-2-8-24-15-18)26(23(29)22(19)28)10-9-25-11-13-30-14-12-25/h2-8,15,19-20H,9-14H2,1H3/p+2. The Morgan fingerprint density at radius 2 is 1.90 bits per heavy atom. The molecule has 2 aromatic rings. The number of hydrogen-bond acceptors (Lipinski definition) is 4. The van der Waals surface area contributed by atoms with Crippen molar-refractivity contribution >= 4 is 17.5 Å². The van der Waals surface area contributed by atoms with Crippen LogP contribution in [0.4, 0.5) is 0 Å². The van der Waals surface area contributed by atoms with Gasteiger partial charge in [-0.15, -0.1) is 0 Å². The Labute approximate surface area is 175 Å². The summed E-state index contributed by atoms with van der Waals surface area (Å²) < 4.78 is 5.40. The molecule has 2 atom stereocenters. The zero-order chi connectivity index (χ0) is 21.1. The third-order valence-corrected chi connectivity index (χ3v) is 6.00. The summed E-state index contributed by atoms with van der Waals surface area (Å²) in [5, 5.41) is 0. The maximum Gasteiger partial charge on any atom is 0.291 e. The van der Waals surface area contributed by atoms with Crippen LogP contribution in [0.2, 0.25) is 0 Å². The number of Topliss-reactive ketones (excluding diaryl/α,β-unsaturated/α-hetero) is 2. The number of morpholine rings is 1. The fourth-order valence-corrected chi connectivity index (χ4v) is 4.28. The number of aromatic amines is 1. The van der Waals surface area contributed by atoms with Gasteiger partial charge < -0.3 is 14.5 Å². The van der Waals surface area contributed by atoms with Crippen molar-refractivity contribution in [1.82, 2.24) is 4.90 Å². The van der Waals surface area contributed by atoms with Gasteiger partial charge in [0.25, 0.3) is 5.91 Å². The van der Waals surface area contributed by atoms with E-state index in [-0.39, 0.29) is 5.78 Å². The smallest absolute Gasteiger partial charge is 0.291 e. The third kappa shape index (κ3) is 4.04. The van der Waals surface area contributed by atoms with Crippen molar-refractivity contribution in [3.05, 3.63) is 65.5 Å². The van der Waals surface area contributed by atoms with E-state index in [0.29, 0.717) is 25.3 Å². The zero-order valence-corrected chi connectivity index (χ0v) is 17.1. The molecular formula is C23H27N3O4+2. The van der Waals surface area contributed by atoms with Crippen molar-refractivity contribution in [3.8, 4) is 0 Å². The summed E-state index contributed by atoms with van der Waals surface area (Å²) in [6.45, 7) is 6.26. The molecule has 2 aliphatic heterocycles. The summed E-state index contributed by atoms with van der Waals surface area (Å²) >= 11 is 0. The number of carbonyl (C=O) groups is 3. The predicted octanol–water partition coefficient (Wildman–Crippen LogP) is -0.324. The number of pyridine rings is 1. The van der Waals surface area contributed by atoms with Gasteiger partial charge in [0.2, 0.25) is 5.78 Å². The number of H-pyrrole nitrogens is 1. The van der Waals surface area contributed by atoms with E-state index >= 15 is 0 Å². The number of quaternary nitrogens is 1. The first kappa shape index (κ1) is 20.4. The Kier molecular flexibility index (Phi) is 6.01. The van der Waals surface area contributed by atoms with E-state index in [0.717, 1.165) is 30.8 Å². The van der Waals surface area contributed by atoms with E-state index in [1.54, 1.807) is 29.4 Å². The molecule has 0 saturated carbocycles. The first-order valence-corrected chi connectivity index (χ1v) is 10.4. The van der Waals surface area contributed by atoms with Gasteiger partial charge in [-0.05, 0) is 13.0 Å². The number of aryl methyl sites for hydroxylation is 1. The van der Waals surface area contributed by atoms with Gasteiger partial charge in [0.15, 0.2) is 18.2 Å². The molecule has 0 bridgehead atoms. The predicted molar refractivity (Wildman–Crippen MR) is 108 cm³/mol. The van der Waals surface area contributed by atoms with Gasteiger partial charge in [-0.2, -0.15) is 0 Å². The number of hydrogen-bond donors (Lipinski definition) is 1. The van der Waals surface area contributed by atoms with E-state index < -0.39 is 23.7 Å². The number of aromatic nitrogens is 1. The lowest BCUT2D eigenvalue weighted by molar-refractivity contribution is -0.907. The van der Waals surface area contributed by atoms with Crippen LogP contribution in [-0.4, -0.2) is 61.8 Å². The van der Waals surface area contributed by atoms with Crippen LogP contribution in [0, 0.1) is 12.8 Å². The number of benzene rings is 1. The molecule has 1 aromatic heterocycles. The minimum Gasteiger partial charge on any atom is -0.370 e. The van der Waals surface area contributed by atoms with Gasteiger partial charge in [0.05, 0.1) is 32.3 Å². The zero-order valence-electron chi connectivity index (χ0n) is 17.1. The number of ketones is 2. The molecule has 2 N–H and O–H groups in total. The number of nitrogens with zero attached hydrogens (tertiary/aromatic N) is 1. The number of ether oxygens (including phenoxy) is 1. The van der Waals surface area contributed by atoms with E-state index in [4.69, 9.17) is 4.74 Å². The summed E-state index contributed by atoms with van der Waals surface area (Å²) in [7, 11) is 0. The highest BCUT2D eigenvalue weighted by Gasteiger charge is 2.52. The maximum absolute atomic E-state index is 13.3. The average Bonchev–Trinajstić information content (AvgIpc) is 3.04. The Morgan fingerprint density at radius 1 is 1.17 bits per heavy atom. The highest BCUT2D eigenvalue weighted by Crippen LogP contribution is 2.37. The normalized spacial score (nSPS) is 22.5. The molecule has 2 saturated heterocycles. The van der Waals surface area contributed by atoms with Crippen molar-refractivity contribution in [2.24, 2.45) is 5.92 Å². The average molecular weight is 409 g/mol. The second-order valence-corrected chi connectivity index (χ2v) is 7.96. The minimum absolute atomic E-state index is 0.302. The molecule has 2 unspecified atom stereocenters. The summed E-state index contributed by atoms with van der Waals surface area (Å²) in [5.41, 5.74) is 2.25. The van der Waals surface area contributed by atoms with Crippen molar-refractivity contribution in [2.45, 2.75) is 13.0 Å². The first-order valence-electron chi connectivity index (χ1n) is 10.4. The first-order chi connectivity index (χ1) is 14.6. The molecular weight excluding hydrogens is 382 g/mol. The lowest BCUT2D eigenvalue weighted by atomic mass is 9.86. The summed E-state index contributed by atoms with van der Waals surface area (Å²) in [6.07, 6.45) is 3.53. The van der Waals surface area contributed by atoms with Gasteiger partial charge in [-0.1, -0.05) is 29.8 Å². The molecule has 4 rings (SSSR count). The summed E-state index contributed by atoms with van der Waals surface area (Å²) in [6, 6.07) is 10.2. The second kappa shape index (κ2) is 8.85. The maximum atomic E-state index is 13.3.